The Bertz CT molecular complexity index is 1440. The molecule has 164 valence electrons. The van der Waals surface area contributed by atoms with Gasteiger partial charge in [-0.2, -0.15) is 13.2 Å². The van der Waals surface area contributed by atoms with Gasteiger partial charge < -0.3 is 10.3 Å². The second-order valence-corrected chi connectivity index (χ2v) is 7.83. The Hall–Kier alpha value is -4.05. The van der Waals surface area contributed by atoms with Crippen molar-refractivity contribution in [3.63, 3.8) is 0 Å². The number of imidazole rings is 1. The molecule has 0 unspecified atom stereocenters. The van der Waals surface area contributed by atoms with Crippen LogP contribution in [0.15, 0.2) is 72.1 Å². The maximum atomic E-state index is 13.0. The number of anilines is 1. The molecule has 0 fully saturated rings. The maximum Gasteiger partial charge on any atom is 0.416 e. The van der Waals surface area contributed by atoms with E-state index in [1.54, 1.807) is 17.5 Å². The molecule has 0 radical (unpaired) electrons. The van der Waals surface area contributed by atoms with E-state index in [1.165, 1.54) is 6.07 Å². The third kappa shape index (κ3) is 4.33. The van der Waals surface area contributed by atoms with Crippen LogP contribution < -0.4 is 5.32 Å². The fourth-order valence-electron chi connectivity index (χ4n) is 3.37. The molecule has 2 N–H and O–H groups in total. The summed E-state index contributed by atoms with van der Waals surface area (Å²) in [6, 6.07) is 18.2. The van der Waals surface area contributed by atoms with Gasteiger partial charge in [-0.1, -0.05) is 34.8 Å². The van der Waals surface area contributed by atoms with Gasteiger partial charge >= 0.3 is 6.18 Å². The summed E-state index contributed by atoms with van der Waals surface area (Å²) >= 11 is 1.10. The van der Waals surface area contributed by atoms with Gasteiger partial charge in [0.15, 0.2) is 5.69 Å². The largest absolute Gasteiger partial charge is 0.416 e. The highest BCUT2D eigenvalue weighted by molar-refractivity contribution is 7.03. The number of carbonyl (C=O) groups excluding carboxylic acids is 1. The Morgan fingerprint density at radius 3 is 2.45 bits per heavy atom. The first-order valence-corrected chi connectivity index (χ1v) is 10.6. The van der Waals surface area contributed by atoms with Crippen LogP contribution in [0.2, 0.25) is 0 Å². The molecule has 0 saturated carbocycles. The summed E-state index contributed by atoms with van der Waals surface area (Å²) in [6.45, 7) is 0. The van der Waals surface area contributed by atoms with Crippen LogP contribution in [0.4, 0.5) is 18.9 Å². The first-order chi connectivity index (χ1) is 15.9. The van der Waals surface area contributed by atoms with Gasteiger partial charge in [-0.15, -0.1) is 5.10 Å². The van der Waals surface area contributed by atoms with Gasteiger partial charge in [0.25, 0.3) is 5.91 Å². The number of fused-ring (bicyclic) bond motifs is 1. The minimum Gasteiger partial charge on any atom is -0.338 e. The topological polar surface area (TPSA) is 83.6 Å². The van der Waals surface area contributed by atoms with Crippen molar-refractivity contribution in [2.45, 2.75) is 6.18 Å². The molecular formula is C23H14F3N5OS. The van der Waals surface area contributed by atoms with Crippen LogP contribution in [0.25, 0.3) is 33.5 Å². The van der Waals surface area contributed by atoms with E-state index in [4.69, 9.17) is 0 Å². The van der Waals surface area contributed by atoms with Gasteiger partial charge in [0.05, 0.1) is 16.6 Å². The van der Waals surface area contributed by atoms with Crippen molar-refractivity contribution in [3.05, 3.63) is 83.4 Å². The fourth-order valence-corrected chi connectivity index (χ4v) is 3.81. The summed E-state index contributed by atoms with van der Waals surface area (Å²) in [4.78, 5) is 19.5. The van der Waals surface area contributed by atoms with Crippen LogP contribution in [0.3, 0.4) is 0 Å². The van der Waals surface area contributed by atoms with E-state index >= 15 is 0 Å². The molecule has 6 nitrogen and oxygen atoms in total. The van der Waals surface area contributed by atoms with E-state index in [9.17, 15) is 18.0 Å². The van der Waals surface area contributed by atoms with Gasteiger partial charge in [-0.3, -0.25) is 4.79 Å². The average molecular weight is 465 g/mol. The number of benzene rings is 3. The number of hydrogen-bond acceptors (Lipinski definition) is 5. The number of H-pyrrole nitrogens is 1. The zero-order valence-electron chi connectivity index (χ0n) is 16.7. The summed E-state index contributed by atoms with van der Waals surface area (Å²) < 4.78 is 42.7. The van der Waals surface area contributed by atoms with Crippen LogP contribution >= 0.6 is 11.5 Å². The number of aromatic nitrogens is 4. The Morgan fingerprint density at radius 2 is 1.73 bits per heavy atom. The summed E-state index contributed by atoms with van der Waals surface area (Å²) in [5, 5.41) is 8.07. The Kier molecular flexibility index (Phi) is 5.14. The highest BCUT2D eigenvalue weighted by atomic mass is 32.1. The first kappa shape index (κ1) is 20.8. The first-order valence-electron chi connectivity index (χ1n) is 9.73. The maximum absolute atomic E-state index is 13.0. The zero-order valence-corrected chi connectivity index (χ0v) is 17.5. The molecule has 0 aliphatic heterocycles. The van der Waals surface area contributed by atoms with Crippen LogP contribution in [-0.4, -0.2) is 25.5 Å². The number of alkyl halides is 3. The number of hydrogen-bond donors (Lipinski definition) is 2. The number of aromatic amines is 1. The Balaban J connectivity index is 1.39. The molecule has 0 bridgehead atoms. The predicted octanol–water partition coefficient (Wildman–Crippen LogP) is 6.02. The molecule has 2 heterocycles. The second-order valence-electron chi connectivity index (χ2n) is 7.22. The molecule has 5 rings (SSSR count). The number of carbonyl (C=O) groups is 1. The summed E-state index contributed by atoms with van der Waals surface area (Å²) in [5.74, 6) is 0.143. The minimum atomic E-state index is -4.41. The number of halogens is 3. The minimum absolute atomic E-state index is 0.255. The Morgan fingerprint density at radius 1 is 0.939 bits per heavy atom. The zero-order chi connectivity index (χ0) is 23.0. The normalized spacial score (nSPS) is 11.6. The molecule has 0 saturated heterocycles. The van der Waals surface area contributed by atoms with Crippen molar-refractivity contribution in [1.29, 1.82) is 0 Å². The van der Waals surface area contributed by atoms with E-state index in [0.29, 0.717) is 22.5 Å². The quantitative estimate of drug-likeness (QED) is 0.340. The van der Waals surface area contributed by atoms with E-state index in [0.717, 1.165) is 40.4 Å². The molecule has 1 amide bonds. The van der Waals surface area contributed by atoms with E-state index < -0.39 is 11.7 Å². The van der Waals surface area contributed by atoms with Crippen LogP contribution in [-0.2, 0) is 6.18 Å². The van der Waals surface area contributed by atoms with Gasteiger partial charge in [0.2, 0.25) is 0 Å². The summed E-state index contributed by atoms with van der Waals surface area (Å²) in [6.07, 6.45) is -4.41. The molecule has 3 aromatic carbocycles. The van der Waals surface area contributed by atoms with Crippen LogP contribution in [0.5, 0.6) is 0 Å². The third-order valence-corrected chi connectivity index (χ3v) is 5.52. The van der Waals surface area contributed by atoms with E-state index in [1.807, 2.05) is 36.4 Å². The molecule has 0 aliphatic rings. The molecule has 0 spiro atoms. The smallest absolute Gasteiger partial charge is 0.338 e. The highest BCUT2D eigenvalue weighted by Gasteiger charge is 2.30. The molecule has 10 heteroatoms. The standard InChI is InChI=1S/C23H14F3N5OS/c24-23(25,26)16-6-9-18-19(11-16)29-21(28-18)15-3-1-2-14(10-15)13-4-7-17(8-5-13)27-22(32)20-12-33-31-30-20/h1-12H,(H,27,32)(H,28,29). The lowest BCUT2D eigenvalue weighted by molar-refractivity contribution is -0.137. The molecule has 33 heavy (non-hydrogen) atoms. The molecular weight excluding hydrogens is 451 g/mol. The number of nitrogens with one attached hydrogen (secondary N) is 2. The monoisotopic (exact) mass is 465 g/mol. The van der Waals surface area contributed by atoms with Crippen molar-refractivity contribution in [2.24, 2.45) is 0 Å². The van der Waals surface area contributed by atoms with E-state index in [2.05, 4.69) is 24.9 Å². The summed E-state index contributed by atoms with van der Waals surface area (Å²) in [5.41, 5.74) is 3.46. The lowest BCUT2D eigenvalue weighted by atomic mass is 10.0. The van der Waals surface area contributed by atoms with Gasteiger partial charge in [-0.05, 0) is 59.1 Å². The summed E-state index contributed by atoms with van der Waals surface area (Å²) in [7, 11) is 0. The van der Waals surface area contributed by atoms with Gasteiger partial charge in [0, 0.05) is 16.6 Å². The van der Waals surface area contributed by atoms with Crippen molar-refractivity contribution in [2.75, 3.05) is 5.32 Å². The van der Waals surface area contributed by atoms with Crippen LogP contribution in [0, 0.1) is 0 Å². The van der Waals surface area contributed by atoms with Crippen LogP contribution in [0.1, 0.15) is 16.1 Å². The van der Waals surface area contributed by atoms with E-state index in [-0.39, 0.29) is 11.6 Å². The Labute approximate surface area is 189 Å². The van der Waals surface area contributed by atoms with Crippen molar-refractivity contribution >= 4 is 34.2 Å². The molecule has 5 aromatic rings. The fraction of sp³-hybridized carbons (Fsp3) is 0.0435. The number of rotatable bonds is 4. The van der Waals surface area contributed by atoms with Crippen molar-refractivity contribution < 1.29 is 18.0 Å². The SMILES string of the molecule is O=C(Nc1ccc(-c2cccc(-c3nc4ccc(C(F)(F)F)cc4[nH]3)c2)cc1)c1csnn1. The average Bonchev–Trinajstić information content (AvgIpc) is 3.49. The highest BCUT2D eigenvalue weighted by Crippen LogP contribution is 2.32. The number of nitrogens with zero attached hydrogens (tertiary/aromatic N) is 3. The lowest BCUT2D eigenvalue weighted by Gasteiger charge is -2.07. The van der Waals surface area contributed by atoms with Gasteiger partial charge in [0.1, 0.15) is 5.82 Å². The molecule has 0 atom stereocenters. The lowest BCUT2D eigenvalue weighted by Crippen LogP contribution is -2.12. The molecule has 2 aromatic heterocycles. The van der Waals surface area contributed by atoms with Crippen molar-refractivity contribution in [3.8, 4) is 22.5 Å². The molecule has 0 aliphatic carbocycles. The van der Waals surface area contributed by atoms with Crippen molar-refractivity contribution in [1.82, 2.24) is 19.6 Å². The second kappa shape index (κ2) is 8.14. The number of amides is 1. The third-order valence-electron chi connectivity index (χ3n) is 5.01. The predicted molar refractivity (Wildman–Crippen MR) is 120 cm³/mol. The van der Waals surface area contributed by atoms with Gasteiger partial charge in [-0.25, -0.2) is 4.98 Å².